The molecule has 1 atom stereocenters. The number of anilines is 1. The highest BCUT2D eigenvalue weighted by molar-refractivity contribution is 5.64. The van der Waals surface area contributed by atoms with E-state index in [1.165, 1.54) is 0 Å². The van der Waals surface area contributed by atoms with Crippen molar-refractivity contribution in [1.29, 1.82) is 5.26 Å². The Morgan fingerprint density at radius 1 is 1.27 bits per heavy atom. The van der Waals surface area contributed by atoms with Crippen LogP contribution in [-0.2, 0) is 0 Å². The summed E-state index contributed by atoms with van der Waals surface area (Å²) >= 11 is 0. The van der Waals surface area contributed by atoms with E-state index in [0.29, 0.717) is 11.4 Å². The molecule has 2 heterocycles. The Morgan fingerprint density at radius 3 is 2.73 bits per heavy atom. The largest absolute Gasteiger partial charge is 0.394 e. The number of aliphatic hydroxyl groups excluding tert-OH is 1. The lowest BCUT2D eigenvalue weighted by atomic mass is 10.1. The van der Waals surface area contributed by atoms with Gasteiger partial charge in [0.1, 0.15) is 5.82 Å². The predicted octanol–water partition coefficient (Wildman–Crippen LogP) is 2.06. The lowest BCUT2D eigenvalue weighted by Gasteiger charge is -2.11. The predicted molar refractivity (Wildman–Crippen MR) is 83.3 cm³/mol. The van der Waals surface area contributed by atoms with Gasteiger partial charge in [0, 0.05) is 11.6 Å². The quantitative estimate of drug-likeness (QED) is 0.769. The second kappa shape index (κ2) is 5.84. The summed E-state index contributed by atoms with van der Waals surface area (Å²) in [4.78, 5) is 4.34. The van der Waals surface area contributed by atoms with E-state index in [1.54, 1.807) is 22.8 Å². The molecule has 0 aliphatic carbocycles. The minimum atomic E-state index is -0.0770. The summed E-state index contributed by atoms with van der Waals surface area (Å²) in [6.07, 6.45) is 1.75. The second-order valence-corrected chi connectivity index (χ2v) is 5.05. The van der Waals surface area contributed by atoms with E-state index in [0.717, 1.165) is 16.9 Å². The van der Waals surface area contributed by atoms with Crippen LogP contribution in [0, 0.1) is 11.3 Å². The molecular formula is C16H15N5O. The molecular weight excluding hydrogens is 278 g/mol. The fourth-order valence-corrected chi connectivity index (χ4v) is 2.16. The number of aromatic nitrogens is 3. The maximum atomic E-state index is 9.12. The SMILES string of the molecule is C[C@@H](CO)Nc1ccc2ncc(-c3ccc(C#N)cc3)n2n1. The van der Waals surface area contributed by atoms with Crippen molar-refractivity contribution >= 4 is 11.5 Å². The highest BCUT2D eigenvalue weighted by atomic mass is 16.3. The van der Waals surface area contributed by atoms with Gasteiger partial charge in [0.15, 0.2) is 5.65 Å². The molecule has 0 spiro atoms. The fourth-order valence-electron chi connectivity index (χ4n) is 2.16. The van der Waals surface area contributed by atoms with Crippen LogP contribution in [0.2, 0.25) is 0 Å². The first kappa shape index (κ1) is 14.0. The molecule has 110 valence electrons. The van der Waals surface area contributed by atoms with E-state index in [-0.39, 0.29) is 12.6 Å². The topological polar surface area (TPSA) is 86.2 Å². The number of fused-ring (bicyclic) bond motifs is 1. The Labute approximate surface area is 127 Å². The number of hydrogen-bond donors (Lipinski definition) is 2. The Balaban J connectivity index is 2.02. The number of imidazole rings is 1. The average molecular weight is 293 g/mol. The first-order valence-corrected chi connectivity index (χ1v) is 6.94. The average Bonchev–Trinajstić information content (AvgIpc) is 2.98. The molecule has 6 heteroatoms. The first-order valence-electron chi connectivity index (χ1n) is 6.94. The third kappa shape index (κ3) is 2.62. The van der Waals surface area contributed by atoms with Crippen LogP contribution in [-0.4, -0.2) is 32.4 Å². The van der Waals surface area contributed by atoms with Crippen LogP contribution in [0.25, 0.3) is 16.9 Å². The maximum Gasteiger partial charge on any atom is 0.154 e. The second-order valence-electron chi connectivity index (χ2n) is 5.05. The molecule has 2 N–H and O–H groups in total. The summed E-state index contributed by atoms with van der Waals surface area (Å²) in [5.41, 5.74) is 3.14. The van der Waals surface area contributed by atoms with E-state index in [9.17, 15) is 0 Å². The van der Waals surface area contributed by atoms with E-state index >= 15 is 0 Å². The van der Waals surface area contributed by atoms with Crippen LogP contribution in [0.1, 0.15) is 12.5 Å². The summed E-state index contributed by atoms with van der Waals surface area (Å²) in [6, 6.07) is 13.0. The Kier molecular flexibility index (Phi) is 3.73. The summed E-state index contributed by atoms with van der Waals surface area (Å²) < 4.78 is 1.74. The van der Waals surface area contributed by atoms with E-state index in [2.05, 4.69) is 21.5 Å². The van der Waals surface area contributed by atoms with Crippen LogP contribution in [0.5, 0.6) is 0 Å². The molecule has 1 aromatic carbocycles. The highest BCUT2D eigenvalue weighted by Crippen LogP contribution is 2.21. The van der Waals surface area contributed by atoms with Crippen molar-refractivity contribution in [3.05, 3.63) is 48.2 Å². The van der Waals surface area contributed by atoms with Crippen molar-refractivity contribution in [2.75, 3.05) is 11.9 Å². The molecule has 2 aromatic heterocycles. The molecule has 0 fully saturated rings. The molecule has 0 radical (unpaired) electrons. The van der Waals surface area contributed by atoms with Gasteiger partial charge in [-0.1, -0.05) is 12.1 Å². The van der Waals surface area contributed by atoms with Crippen molar-refractivity contribution in [2.45, 2.75) is 13.0 Å². The number of benzene rings is 1. The summed E-state index contributed by atoms with van der Waals surface area (Å²) in [5, 5.41) is 25.6. The Morgan fingerprint density at radius 2 is 2.05 bits per heavy atom. The summed E-state index contributed by atoms with van der Waals surface area (Å²) in [6.45, 7) is 1.91. The molecule has 0 saturated carbocycles. The van der Waals surface area contributed by atoms with Crippen molar-refractivity contribution < 1.29 is 5.11 Å². The van der Waals surface area contributed by atoms with Gasteiger partial charge in [-0.2, -0.15) is 5.26 Å². The van der Waals surface area contributed by atoms with E-state index in [1.807, 2.05) is 31.2 Å². The number of nitriles is 1. The van der Waals surface area contributed by atoms with Crippen LogP contribution in [0.15, 0.2) is 42.6 Å². The van der Waals surface area contributed by atoms with Gasteiger partial charge in [-0.05, 0) is 31.2 Å². The molecule has 0 amide bonds. The van der Waals surface area contributed by atoms with Crippen molar-refractivity contribution in [3.8, 4) is 17.3 Å². The number of nitrogens with one attached hydrogen (secondary N) is 1. The molecule has 3 rings (SSSR count). The van der Waals surface area contributed by atoms with Crippen molar-refractivity contribution in [3.63, 3.8) is 0 Å². The first-order chi connectivity index (χ1) is 10.7. The van der Waals surface area contributed by atoms with Gasteiger partial charge in [-0.15, -0.1) is 5.10 Å². The van der Waals surface area contributed by atoms with Crippen molar-refractivity contribution in [1.82, 2.24) is 14.6 Å². The van der Waals surface area contributed by atoms with Gasteiger partial charge in [-0.25, -0.2) is 9.50 Å². The number of rotatable bonds is 4. The smallest absolute Gasteiger partial charge is 0.154 e. The van der Waals surface area contributed by atoms with Crippen LogP contribution < -0.4 is 5.32 Å². The van der Waals surface area contributed by atoms with Gasteiger partial charge in [0.2, 0.25) is 0 Å². The molecule has 0 aliphatic rings. The van der Waals surface area contributed by atoms with Crippen LogP contribution >= 0.6 is 0 Å². The zero-order valence-electron chi connectivity index (χ0n) is 12.1. The van der Waals surface area contributed by atoms with Crippen molar-refractivity contribution in [2.24, 2.45) is 0 Å². The normalized spacial score (nSPS) is 12.0. The zero-order valence-corrected chi connectivity index (χ0v) is 12.1. The molecule has 0 saturated heterocycles. The van der Waals surface area contributed by atoms with Gasteiger partial charge in [-0.3, -0.25) is 0 Å². The van der Waals surface area contributed by atoms with Crippen LogP contribution in [0.3, 0.4) is 0 Å². The number of aliphatic hydroxyl groups is 1. The molecule has 3 aromatic rings. The van der Waals surface area contributed by atoms with Gasteiger partial charge < -0.3 is 10.4 Å². The molecule has 6 nitrogen and oxygen atoms in total. The lowest BCUT2D eigenvalue weighted by molar-refractivity contribution is 0.281. The third-order valence-electron chi connectivity index (χ3n) is 3.34. The minimum Gasteiger partial charge on any atom is -0.394 e. The van der Waals surface area contributed by atoms with Gasteiger partial charge >= 0.3 is 0 Å². The number of nitrogens with zero attached hydrogens (tertiary/aromatic N) is 4. The van der Waals surface area contributed by atoms with E-state index in [4.69, 9.17) is 10.4 Å². The Bertz CT molecular complexity index is 832. The molecule has 22 heavy (non-hydrogen) atoms. The molecule has 0 bridgehead atoms. The third-order valence-corrected chi connectivity index (χ3v) is 3.34. The highest BCUT2D eigenvalue weighted by Gasteiger charge is 2.09. The monoisotopic (exact) mass is 293 g/mol. The summed E-state index contributed by atoms with van der Waals surface area (Å²) in [5.74, 6) is 0.668. The molecule has 0 unspecified atom stereocenters. The summed E-state index contributed by atoms with van der Waals surface area (Å²) in [7, 11) is 0. The maximum absolute atomic E-state index is 9.12. The van der Waals surface area contributed by atoms with Gasteiger partial charge in [0.25, 0.3) is 0 Å². The molecule has 0 aliphatic heterocycles. The van der Waals surface area contributed by atoms with Gasteiger partial charge in [0.05, 0.1) is 30.1 Å². The van der Waals surface area contributed by atoms with Crippen LogP contribution in [0.4, 0.5) is 5.82 Å². The fraction of sp³-hybridized carbons (Fsp3) is 0.188. The zero-order chi connectivity index (χ0) is 15.5. The Hall–Kier alpha value is -2.91. The van der Waals surface area contributed by atoms with E-state index < -0.39 is 0 Å². The standard InChI is InChI=1S/C16H15N5O/c1-11(10-22)19-15-6-7-16-18-9-14(21(16)20-15)13-4-2-12(8-17)3-5-13/h2-7,9,11,22H,10H2,1H3,(H,19,20)/t11-/m0/s1. The lowest BCUT2D eigenvalue weighted by Crippen LogP contribution is -2.20. The minimum absolute atomic E-state index is 0.0339. The number of hydrogen-bond acceptors (Lipinski definition) is 5.